The maximum absolute atomic E-state index is 13.1. The maximum Gasteiger partial charge on any atom is 0.310 e. The molecular weight excluding hydrogens is 498 g/mol. The van der Waals surface area contributed by atoms with Gasteiger partial charge < -0.3 is 20.5 Å². The Bertz CT molecular complexity index is 1520. The van der Waals surface area contributed by atoms with Gasteiger partial charge in [-0.15, -0.1) is 0 Å². The van der Waals surface area contributed by atoms with Gasteiger partial charge in [0.15, 0.2) is 5.75 Å². The summed E-state index contributed by atoms with van der Waals surface area (Å²) in [5.41, 5.74) is 6.94. The Morgan fingerprint density at radius 2 is 1.59 bits per heavy atom. The van der Waals surface area contributed by atoms with Gasteiger partial charge in [-0.1, -0.05) is 55.8 Å². The van der Waals surface area contributed by atoms with Gasteiger partial charge in [-0.05, 0) is 47.0 Å². The number of benzene rings is 4. The second-order valence-electron chi connectivity index (χ2n) is 8.95. The van der Waals surface area contributed by atoms with Crippen molar-refractivity contribution < 1.29 is 24.0 Å². The van der Waals surface area contributed by atoms with Crippen molar-refractivity contribution in [3.8, 4) is 11.5 Å². The fourth-order valence-corrected chi connectivity index (χ4v) is 4.01. The zero-order valence-corrected chi connectivity index (χ0v) is 21.5. The number of rotatable bonds is 12. The molecule has 0 spiro atoms. The monoisotopic (exact) mass is 527 g/mol. The van der Waals surface area contributed by atoms with Gasteiger partial charge >= 0.3 is 5.69 Å². The molecule has 0 radical (unpaired) electrons. The average molecular weight is 528 g/mol. The van der Waals surface area contributed by atoms with Crippen LogP contribution in [0.3, 0.4) is 0 Å². The van der Waals surface area contributed by atoms with Crippen LogP contribution in [-0.2, 0) is 6.42 Å². The molecule has 0 saturated heterocycles. The number of nitrogens with zero attached hydrogens (tertiary/aromatic N) is 1. The quantitative estimate of drug-likeness (QED) is 0.134. The highest BCUT2D eigenvalue weighted by Crippen LogP contribution is 2.30. The summed E-state index contributed by atoms with van der Waals surface area (Å²) in [6.07, 6.45) is 2.23. The van der Waals surface area contributed by atoms with Crippen LogP contribution < -0.4 is 20.5 Å². The number of nitro benzene ring substituents is 1. The highest BCUT2D eigenvalue weighted by atomic mass is 16.6. The van der Waals surface area contributed by atoms with Gasteiger partial charge in [0.05, 0.1) is 23.8 Å². The predicted octanol–water partition coefficient (Wildman–Crippen LogP) is 5.90. The van der Waals surface area contributed by atoms with Crippen LogP contribution in [0.2, 0.25) is 0 Å². The zero-order chi connectivity index (χ0) is 27.8. The number of carbonyl (C=O) groups is 2. The van der Waals surface area contributed by atoms with E-state index in [2.05, 4.69) is 11.4 Å². The molecule has 4 aromatic carbocycles. The van der Waals surface area contributed by atoms with Gasteiger partial charge in [-0.25, -0.2) is 0 Å². The molecule has 0 atom stereocenters. The Kier molecular flexibility index (Phi) is 8.73. The Labute approximate surface area is 225 Å². The Balaban J connectivity index is 1.50. The van der Waals surface area contributed by atoms with E-state index in [1.807, 2.05) is 43.3 Å². The standard InChI is InChI=1S/C30H29N3O6/c1-2-3-15-38-27-18-23(29(31)34)10-12-25(27)32-30(35)24-11-13-26(33(36)37)28(19-24)39-16-14-20-8-9-21-6-4-5-7-22(21)17-20/h4-13,17-19H,2-3,14-16H2,1H3,(H2,31,34)(H,32,35). The molecule has 2 amide bonds. The zero-order valence-electron chi connectivity index (χ0n) is 21.5. The minimum absolute atomic E-state index is 0.00284. The molecule has 4 aromatic rings. The fraction of sp³-hybridized carbons (Fsp3) is 0.200. The number of nitrogens with one attached hydrogen (secondary N) is 1. The number of nitro groups is 1. The molecule has 0 aliphatic rings. The number of carbonyl (C=O) groups excluding carboxylic acids is 2. The molecule has 200 valence electrons. The molecule has 3 N–H and O–H groups in total. The van der Waals surface area contributed by atoms with Crippen LogP contribution in [0.1, 0.15) is 46.0 Å². The van der Waals surface area contributed by atoms with Gasteiger partial charge in [0.25, 0.3) is 5.91 Å². The minimum Gasteiger partial charge on any atom is -0.491 e. The van der Waals surface area contributed by atoms with Crippen LogP contribution in [0.25, 0.3) is 10.8 Å². The SMILES string of the molecule is CCCCOc1cc(C(N)=O)ccc1NC(=O)c1ccc([N+](=O)[O-])c(OCCc2ccc3ccccc3c2)c1. The Morgan fingerprint density at radius 1 is 0.872 bits per heavy atom. The molecule has 0 heterocycles. The highest BCUT2D eigenvalue weighted by Gasteiger charge is 2.20. The summed E-state index contributed by atoms with van der Waals surface area (Å²) in [5, 5.41) is 16.6. The third-order valence-electron chi connectivity index (χ3n) is 6.15. The van der Waals surface area contributed by atoms with E-state index in [1.54, 1.807) is 0 Å². The maximum atomic E-state index is 13.1. The third kappa shape index (κ3) is 6.89. The number of nitrogens with two attached hydrogens (primary N) is 1. The summed E-state index contributed by atoms with van der Waals surface area (Å²) in [5.74, 6) is -0.829. The fourth-order valence-electron chi connectivity index (χ4n) is 4.01. The van der Waals surface area contributed by atoms with E-state index in [-0.39, 0.29) is 29.2 Å². The smallest absolute Gasteiger partial charge is 0.310 e. The summed E-state index contributed by atoms with van der Waals surface area (Å²) >= 11 is 0. The lowest BCUT2D eigenvalue weighted by atomic mass is 10.1. The van der Waals surface area contributed by atoms with Crippen molar-refractivity contribution in [1.29, 1.82) is 0 Å². The molecule has 39 heavy (non-hydrogen) atoms. The molecule has 0 aromatic heterocycles. The average Bonchev–Trinajstić information content (AvgIpc) is 2.93. The van der Waals surface area contributed by atoms with Gasteiger partial charge in [-0.2, -0.15) is 0 Å². The summed E-state index contributed by atoms with van der Waals surface area (Å²) in [6.45, 7) is 2.60. The Morgan fingerprint density at radius 3 is 2.33 bits per heavy atom. The summed E-state index contributed by atoms with van der Waals surface area (Å²) in [6, 6.07) is 22.5. The normalized spacial score (nSPS) is 10.7. The lowest BCUT2D eigenvalue weighted by Crippen LogP contribution is -2.15. The summed E-state index contributed by atoms with van der Waals surface area (Å²) in [4.78, 5) is 35.7. The van der Waals surface area contributed by atoms with Crippen molar-refractivity contribution >= 4 is 34.0 Å². The number of ether oxygens (including phenoxy) is 2. The molecule has 9 nitrogen and oxygen atoms in total. The molecule has 4 rings (SSSR count). The third-order valence-corrected chi connectivity index (χ3v) is 6.15. The van der Waals surface area contributed by atoms with Crippen LogP contribution in [0, 0.1) is 10.1 Å². The first-order chi connectivity index (χ1) is 18.9. The first-order valence-corrected chi connectivity index (χ1v) is 12.6. The lowest BCUT2D eigenvalue weighted by Gasteiger charge is -2.14. The highest BCUT2D eigenvalue weighted by molar-refractivity contribution is 6.06. The molecular formula is C30H29N3O6. The van der Waals surface area contributed by atoms with Crippen LogP contribution in [0.5, 0.6) is 11.5 Å². The van der Waals surface area contributed by atoms with Crippen molar-refractivity contribution in [1.82, 2.24) is 0 Å². The number of fused-ring (bicyclic) bond motifs is 1. The Hall–Kier alpha value is -4.92. The lowest BCUT2D eigenvalue weighted by molar-refractivity contribution is -0.385. The number of unbranched alkanes of at least 4 members (excludes halogenated alkanes) is 1. The largest absolute Gasteiger partial charge is 0.491 e. The van der Waals surface area contributed by atoms with Gasteiger partial charge in [0.1, 0.15) is 5.75 Å². The van der Waals surface area contributed by atoms with E-state index in [0.29, 0.717) is 24.5 Å². The van der Waals surface area contributed by atoms with E-state index in [9.17, 15) is 19.7 Å². The topological polar surface area (TPSA) is 134 Å². The van der Waals surface area contributed by atoms with Crippen LogP contribution in [-0.4, -0.2) is 30.0 Å². The summed E-state index contributed by atoms with van der Waals surface area (Å²) in [7, 11) is 0. The first-order valence-electron chi connectivity index (χ1n) is 12.6. The van der Waals surface area contributed by atoms with E-state index in [1.165, 1.54) is 36.4 Å². The molecule has 0 fully saturated rings. The number of primary amides is 1. The number of hydrogen-bond donors (Lipinski definition) is 2. The minimum atomic E-state index is -0.617. The van der Waals surface area contributed by atoms with E-state index in [0.717, 1.165) is 29.2 Å². The van der Waals surface area contributed by atoms with Crippen LogP contribution in [0.4, 0.5) is 11.4 Å². The van der Waals surface area contributed by atoms with Gasteiger partial charge in [-0.3, -0.25) is 19.7 Å². The van der Waals surface area contributed by atoms with E-state index >= 15 is 0 Å². The second-order valence-corrected chi connectivity index (χ2v) is 8.95. The molecule has 0 aliphatic carbocycles. The molecule has 0 saturated carbocycles. The molecule has 9 heteroatoms. The predicted molar refractivity (Wildman–Crippen MR) is 150 cm³/mol. The number of hydrogen-bond acceptors (Lipinski definition) is 6. The van der Waals surface area contributed by atoms with Crippen molar-refractivity contribution in [3.63, 3.8) is 0 Å². The molecule has 0 unspecified atom stereocenters. The first kappa shape index (κ1) is 27.1. The van der Waals surface area contributed by atoms with Crippen molar-refractivity contribution in [2.75, 3.05) is 18.5 Å². The van der Waals surface area contributed by atoms with Gasteiger partial charge in [0.2, 0.25) is 5.91 Å². The van der Waals surface area contributed by atoms with Crippen molar-refractivity contribution in [2.24, 2.45) is 5.73 Å². The van der Waals surface area contributed by atoms with Crippen LogP contribution >= 0.6 is 0 Å². The van der Waals surface area contributed by atoms with Crippen molar-refractivity contribution in [3.05, 3.63) is 106 Å². The van der Waals surface area contributed by atoms with Gasteiger partial charge in [0, 0.05) is 29.7 Å². The van der Waals surface area contributed by atoms with E-state index in [4.69, 9.17) is 15.2 Å². The molecule has 0 bridgehead atoms. The number of amides is 2. The number of anilines is 1. The molecule has 0 aliphatic heterocycles. The van der Waals surface area contributed by atoms with Crippen LogP contribution in [0.15, 0.2) is 78.9 Å². The summed E-state index contributed by atoms with van der Waals surface area (Å²) < 4.78 is 11.6. The van der Waals surface area contributed by atoms with Crippen molar-refractivity contribution in [2.45, 2.75) is 26.2 Å². The second kappa shape index (κ2) is 12.6. The van der Waals surface area contributed by atoms with E-state index < -0.39 is 16.7 Å².